The van der Waals surface area contributed by atoms with Crippen LogP contribution in [0.1, 0.15) is 23.1 Å². The van der Waals surface area contributed by atoms with Gasteiger partial charge in [0.25, 0.3) is 0 Å². The van der Waals surface area contributed by atoms with E-state index in [2.05, 4.69) is 45.0 Å². The second-order valence-corrected chi connectivity index (χ2v) is 7.57. The summed E-state index contributed by atoms with van der Waals surface area (Å²) in [5.41, 5.74) is 6.18. The number of thiophene rings is 1. The highest BCUT2D eigenvalue weighted by Gasteiger charge is 2.12. The van der Waals surface area contributed by atoms with Crippen LogP contribution in [0.25, 0.3) is 22.3 Å². The first-order valence-electron chi connectivity index (χ1n) is 8.73. The predicted octanol–water partition coefficient (Wildman–Crippen LogP) is 5.58. The number of aromatic amines is 1. The Bertz CT molecular complexity index is 1100. The summed E-state index contributed by atoms with van der Waals surface area (Å²) in [6.07, 6.45) is 6.42. The van der Waals surface area contributed by atoms with Gasteiger partial charge in [0.05, 0.1) is 35.5 Å². The van der Waals surface area contributed by atoms with Crippen molar-refractivity contribution < 1.29 is 0 Å². The molecule has 0 saturated carbocycles. The molecule has 4 nitrogen and oxygen atoms in total. The first kappa shape index (κ1) is 17.7. The highest BCUT2D eigenvalue weighted by atomic mass is 35.5. The summed E-state index contributed by atoms with van der Waals surface area (Å²) in [4.78, 5) is 12.0. The molecule has 1 N–H and O–H groups in total. The Labute approximate surface area is 166 Å². The van der Waals surface area contributed by atoms with Crippen molar-refractivity contribution in [2.24, 2.45) is 0 Å². The molecule has 0 saturated heterocycles. The summed E-state index contributed by atoms with van der Waals surface area (Å²) in [7, 11) is 0. The van der Waals surface area contributed by atoms with E-state index in [-0.39, 0.29) is 0 Å². The molecule has 0 bridgehead atoms. The van der Waals surface area contributed by atoms with Crippen molar-refractivity contribution in [3.05, 3.63) is 69.3 Å². The second-order valence-electron chi connectivity index (χ2n) is 6.38. The van der Waals surface area contributed by atoms with E-state index in [9.17, 15) is 0 Å². The van der Waals surface area contributed by atoms with Crippen LogP contribution >= 0.6 is 22.9 Å². The van der Waals surface area contributed by atoms with Gasteiger partial charge in [-0.05, 0) is 71.0 Å². The number of nitrogens with one attached hydrogen (secondary N) is 1. The molecule has 0 aliphatic rings. The van der Waals surface area contributed by atoms with Crippen LogP contribution in [0.4, 0.5) is 0 Å². The summed E-state index contributed by atoms with van der Waals surface area (Å²) in [6, 6.07) is 10.5. The lowest BCUT2D eigenvalue weighted by Crippen LogP contribution is -1.97. The molecule has 3 aromatic heterocycles. The highest BCUT2D eigenvalue weighted by molar-refractivity contribution is 7.07. The summed E-state index contributed by atoms with van der Waals surface area (Å²) in [5.74, 6) is 0. The number of fused-ring (bicyclic) bond motifs is 1. The smallest absolute Gasteiger partial charge is 0.0924 e. The lowest BCUT2D eigenvalue weighted by atomic mass is 9.98. The summed E-state index contributed by atoms with van der Waals surface area (Å²) in [6.45, 7) is 0. The average Bonchev–Trinajstić information content (AvgIpc) is 3.38. The Balaban J connectivity index is 1.80. The average molecular weight is 393 g/mol. The molecule has 0 aliphatic heterocycles. The van der Waals surface area contributed by atoms with Crippen molar-refractivity contribution in [3.8, 4) is 17.5 Å². The second kappa shape index (κ2) is 7.91. The Kier molecular flexibility index (Phi) is 5.19. The van der Waals surface area contributed by atoms with Crippen LogP contribution in [-0.4, -0.2) is 15.0 Å². The van der Waals surface area contributed by atoms with Crippen molar-refractivity contribution in [2.45, 2.75) is 25.7 Å². The van der Waals surface area contributed by atoms with E-state index in [1.165, 1.54) is 11.1 Å². The molecule has 6 heteroatoms. The number of aryl methyl sites for hydroxylation is 3. The Morgan fingerprint density at radius 1 is 1.15 bits per heavy atom. The van der Waals surface area contributed by atoms with Crippen molar-refractivity contribution >= 4 is 33.8 Å². The number of nitrogens with zero attached hydrogens (tertiary/aromatic N) is 3. The summed E-state index contributed by atoms with van der Waals surface area (Å²) >= 11 is 8.18. The first-order valence-corrected chi connectivity index (χ1v) is 10.1. The van der Waals surface area contributed by atoms with Gasteiger partial charge in [-0.15, -0.1) is 0 Å². The normalized spacial score (nSPS) is 11.0. The third-order valence-corrected chi connectivity index (χ3v) is 5.69. The molecule has 3 heterocycles. The molecule has 0 spiro atoms. The standard InChI is InChI=1S/C21H17ClN4S/c22-18-10-19-17(8-16(18)2-1-6-23)15(4-3-14-5-7-27-12-14)9-20(26-19)21-11-24-13-25-21/h5,7-13H,1-4H2,(H,24,25). The summed E-state index contributed by atoms with van der Waals surface area (Å²) in [5, 5.41) is 15.0. The van der Waals surface area contributed by atoms with E-state index in [0.29, 0.717) is 17.9 Å². The molecule has 0 unspecified atom stereocenters. The molecule has 4 rings (SSSR count). The number of imidazole rings is 1. The molecule has 27 heavy (non-hydrogen) atoms. The third-order valence-electron chi connectivity index (χ3n) is 4.61. The molecular formula is C21H17ClN4S. The van der Waals surface area contributed by atoms with E-state index < -0.39 is 0 Å². The number of H-pyrrole nitrogens is 1. The molecule has 0 fully saturated rings. The van der Waals surface area contributed by atoms with Crippen molar-refractivity contribution in [1.82, 2.24) is 15.0 Å². The van der Waals surface area contributed by atoms with Gasteiger partial charge in [0.2, 0.25) is 0 Å². The van der Waals surface area contributed by atoms with E-state index >= 15 is 0 Å². The minimum atomic E-state index is 0.453. The van der Waals surface area contributed by atoms with Gasteiger partial charge >= 0.3 is 0 Å². The van der Waals surface area contributed by atoms with Gasteiger partial charge in [-0.2, -0.15) is 16.6 Å². The number of benzene rings is 1. The molecule has 0 radical (unpaired) electrons. The monoisotopic (exact) mass is 392 g/mol. The highest BCUT2D eigenvalue weighted by Crippen LogP contribution is 2.30. The fraction of sp³-hybridized carbons (Fsp3) is 0.190. The van der Waals surface area contributed by atoms with Crippen LogP contribution < -0.4 is 0 Å². The van der Waals surface area contributed by atoms with E-state index in [1.54, 1.807) is 23.9 Å². The molecule has 134 valence electrons. The number of hydrogen-bond donors (Lipinski definition) is 1. The fourth-order valence-corrected chi connectivity index (χ4v) is 4.15. The SMILES string of the molecule is N#CCCc1cc2c(CCc3ccsc3)cc(-c3cnc[nH]3)nc2cc1Cl. The lowest BCUT2D eigenvalue weighted by molar-refractivity contribution is 0.970. The van der Waals surface area contributed by atoms with Gasteiger partial charge < -0.3 is 4.98 Å². The van der Waals surface area contributed by atoms with Crippen LogP contribution in [0, 0.1) is 11.3 Å². The maximum absolute atomic E-state index is 8.90. The number of nitriles is 1. The van der Waals surface area contributed by atoms with E-state index in [1.807, 2.05) is 6.07 Å². The Hall–Kier alpha value is -2.68. The van der Waals surface area contributed by atoms with Gasteiger partial charge in [-0.25, -0.2) is 9.97 Å². The molecule has 0 atom stereocenters. The zero-order valence-corrected chi connectivity index (χ0v) is 16.1. The van der Waals surface area contributed by atoms with Crippen molar-refractivity contribution in [1.29, 1.82) is 5.26 Å². The van der Waals surface area contributed by atoms with E-state index in [0.717, 1.165) is 40.7 Å². The number of aromatic nitrogens is 3. The lowest BCUT2D eigenvalue weighted by Gasteiger charge is -2.12. The zero-order valence-electron chi connectivity index (χ0n) is 14.6. The van der Waals surface area contributed by atoms with Gasteiger partial charge in [-0.3, -0.25) is 0 Å². The maximum atomic E-state index is 8.90. The van der Waals surface area contributed by atoms with E-state index in [4.69, 9.17) is 21.8 Å². The van der Waals surface area contributed by atoms with Crippen molar-refractivity contribution in [2.75, 3.05) is 0 Å². The number of pyridine rings is 1. The van der Waals surface area contributed by atoms with Crippen LogP contribution in [0.15, 0.2) is 47.5 Å². The van der Waals surface area contributed by atoms with Gasteiger partial charge in [0.1, 0.15) is 0 Å². The van der Waals surface area contributed by atoms with Crippen LogP contribution in [-0.2, 0) is 19.3 Å². The minimum Gasteiger partial charge on any atom is -0.343 e. The van der Waals surface area contributed by atoms with Crippen LogP contribution in [0.3, 0.4) is 0 Å². The van der Waals surface area contributed by atoms with Crippen molar-refractivity contribution in [3.63, 3.8) is 0 Å². The molecule has 1 aromatic carbocycles. The molecule has 0 amide bonds. The van der Waals surface area contributed by atoms with Gasteiger partial charge in [0, 0.05) is 16.8 Å². The van der Waals surface area contributed by atoms with Gasteiger partial charge in [0.15, 0.2) is 0 Å². The quantitative estimate of drug-likeness (QED) is 0.465. The van der Waals surface area contributed by atoms with Gasteiger partial charge in [-0.1, -0.05) is 11.6 Å². The fourth-order valence-electron chi connectivity index (χ4n) is 3.20. The topological polar surface area (TPSA) is 65.4 Å². The number of hydrogen-bond acceptors (Lipinski definition) is 4. The van der Waals surface area contributed by atoms with Crippen LogP contribution in [0.2, 0.25) is 5.02 Å². The predicted molar refractivity (Wildman–Crippen MR) is 110 cm³/mol. The summed E-state index contributed by atoms with van der Waals surface area (Å²) < 4.78 is 0. The van der Waals surface area contributed by atoms with Crippen LogP contribution in [0.5, 0.6) is 0 Å². The Morgan fingerprint density at radius 3 is 2.81 bits per heavy atom. The first-order chi connectivity index (χ1) is 13.2. The Morgan fingerprint density at radius 2 is 2.07 bits per heavy atom. The number of halogens is 1. The third kappa shape index (κ3) is 3.87. The molecule has 0 aliphatic carbocycles. The molecular weight excluding hydrogens is 376 g/mol. The number of rotatable bonds is 6. The molecule has 4 aromatic rings. The minimum absolute atomic E-state index is 0.453. The zero-order chi connectivity index (χ0) is 18.6. The maximum Gasteiger partial charge on any atom is 0.0924 e. The largest absolute Gasteiger partial charge is 0.343 e.